The van der Waals surface area contributed by atoms with E-state index in [2.05, 4.69) is 142 Å². The summed E-state index contributed by atoms with van der Waals surface area (Å²) in [5.74, 6) is 0. The molecule has 0 bridgehead atoms. The van der Waals surface area contributed by atoms with Gasteiger partial charge in [0.1, 0.15) is 0 Å². The number of nitrogens with zero attached hydrogens (tertiary/aromatic N) is 2. The Bertz CT molecular complexity index is 2260. The highest BCUT2D eigenvalue weighted by Gasteiger charge is 2.18. The lowest BCUT2D eigenvalue weighted by molar-refractivity contribution is 0.963. The first-order chi connectivity index (χ1) is 20.8. The van der Waals surface area contributed by atoms with Gasteiger partial charge >= 0.3 is 0 Å². The summed E-state index contributed by atoms with van der Waals surface area (Å²) in [5, 5.41) is 16.1. The summed E-state index contributed by atoms with van der Waals surface area (Å²) in [7, 11) is 0. The lowest BCUT2D eigenvalue weighted by Crippen LogP contribution is -2.10. The van der Waals surface area contributed by atoms with Gasteiger partial charge in [-0.3, -0.25) is 0 Å². The van der Waals surface area contributed by atoms with E-state index in [0.717, 1.165) is 40.1 Å². The minimum Gasteiger partial charge on any atom is -0.387 e. The number of benzene rings is 5. The van der Waals surface area contributed by atoms with Crippen LogP contribution in [-0.2, 0) is 0 Å². The number of rotatable bonds is 5. The molecule has 42 heavy (non-hydrogen) atoms. The molecule has 0 unspecified atom stereocenters. The number of dihydropyridines is 1. The first kappa shape index (κ1) is 24.2. The van der Waals surface area contributed by atoms with Crippen LogP contribution in [0.15, 0.2) is 145 Å². The molecule has 4 nitrogen and oxygen atoms in total. The summed E-state index contributed by atoms with van der Waals surface area (Å²) in [4.78, 5) is 0. The van der Waals surface area contributed by atoms with E-state index in [-0.39, 0.29) is 0 Å². The van der Waals surface area contributed by atoms with Crippen LogP contribution in [0, 0.1) is 5.41 Å². The Balaban J connectivity index is 1.44. The van der Waals surface area contributed by atoms with Crippen molar-refractivity contribution in [3.8, 4) is 11.4 Å². The zero-order chi connectivity index (χ0) is 28.0. The summed E-state index contributed by atoms with van der Waals surface area (Å²) >= 11 is 0. The molecule has 0 fully saturated rings. The van der Waals surface area contributed by atoms with Crippen LogP contribution in [0.1, 0.15) is 5.56 Å². The Kier molecular flexibility index (Phi) is 5.64. The van der Waals surface area contributed by atoms with Crippen LogP contribution in [-0.4, -0.2) is 21.9 Å². The highest BCUT2D eigenvalue weighted by molar-refractivity contribution is 6.19. The maximum atomic E-state index is 7.84. The van der Waals surface area contributed by atoms with Gasteiger partial charge in [0.2, 0.25) is 0 Å². The number of para-hydroxylation sites is 3. The summed E-state index contributed by atoms with van der Waals surface area (Å²) in [6, 6.07) is 41.4. The van der Waals surface area contributed by atoms with Crippen molar-refractivity contribution in [3.63, 3.8) is 0 Å². The van der Waals surface area contributed by atoms with Crippen LogP contribution in [0.5, 0.6) is 0 Å². The predicted molar refractivity (Wildman–Crippen MR) is 177 cm³/mol. The number of nitrogens with one attached hydrogen (secondary N) is 2. The largest absolute Gasteiger partial charge is 0.387 e. The first-order valence-corrected chi connectivity index (χ1v) is 14.3. The summed E-state index contributed by atoms with van der Waals surface area (Å²) < 4.78 is 4.76. The summed E-state index contributed by atoms with van der Waals surface area (Å²) in [5.41, 5.74) is 10.1. The molecule has 0 amide bonds. The lowest BCUT2D eigenvalue weighted by atomic mass is 9.96. The second-order valence-electron chi connectivity index (χ2n) is 10.6. The van der Waals surface area contributed by atoms with E-state index in [9.17, 15) is 0 Å². The maximum absolute atomic E-state index is 7.84. The van der Waals surface area contributed by atoms with Gasteiger partial charge in [-0.15, -0.1) is 0 Å². The van der Waals surface area contributed by atoms with Crippen molar-refractivity contribution in [3.05, 3.63) is 151 Å². The normalized spacial score (nSPS) is 13.6. The van der Waals surface area contributed by atoms with E-state index < -0.39 is 0 Å². The van der Waals surface area contributed by atoms with Crippen LogP contribution in [0.4, 0.5) is 0 Å². The molecule has 2 aromatic heterocycles. The average molecular weight is 541 g/mol. The minimum absolute atomic E-state index is 0.816. The third-order valence-electron chi connectivity index (χ3n) is 8.25. The first-order valence-electron chi connectivity index (χ1n) is 14.3. The molecule has 7 aromatic rings. The van der Waals surface area contributed by atoms with Crippen molar-refractivity contribution in [1.82, 2.24) is 14.5 Å². The van der Waals surface area contributed by atoms with Crippen molar-refractivity contribution in [2.75, 3.05) is 6.54 Å². The third-order valence-corrected chi connectivity index (χ3v) is 8.25. The molecule has 200 valence electrons. The minimum atomic E-state index is 0.816. The topological polar surface area (TPSA) is 45.7 Å². The van der Waals surface area contributed by atoms with Crippen LogP contribution in [0.2, 0.25) is 0 Å². The van der Waals surface area contributed by atoms with Crippen LogP contribution < -0.4 is 5.32 Å². The molecule has 0 spiro atoms. The molecule has 0 saturated carbocycles. The molecule has 1 aliphatic rings. The van der Waals surface area contributed by atoms with Gasteiger partial charge in [-0.2, -0.15) is 0 Å². The second kappa shape index (κ2) is 9.79. The highest BCUT2D eigenvalue weighted by Crippen LogP contribution is 2.40. The fraction of sp³-hybridized carbons (Fsp3) is 0.0263. The van der Waals surface area contributed by atoms with Crippen LogP contribution >= 0.6 is 0 Å². The lowest BCUT2D eigenvalue weighted by Gasteiger charge is -2.15. The Labute approximate surface area is 243 Å². The molecule has 1 aliphatic heterocycles. The van der Waals surface area contributed by atoms with Crippen LogP contribution in [0.25, 0.3) is 60.6 Å². The van der Waals surface area contributed by atoms with Gasteiger partial charge in [0, 0.05) is 51.9 Å². The Morgan fingerprint density at radius 3 is 1.93 bits per heavy atom. The Morgan fingerprint density at radius 2 is 1.26 bits per heavy atom. The fourth-order valence-electron chi connectivity index (χ4n) is 6.46. The number of aromatic nitrogens is 2. The zero-order valence-electron chi connectivity index (χ0n) is 23.0. The molecule has 3 heterocycles. The van der Waals surface area contributed by atoms with E-state index in [1.165, 1.54) is 44.3 Å². The molecule has 0 aliphatic carbocycles. The van der Waals surface area contributed by atoms with Crippen molar-refractivity contribution in [1.29, 1.82) is 5.41 Å². The predicted octanol–water partition coefficient (Wildman–Crippen LogP) is 8.96. The van der Waals surface area contributed by atoms with E-state index >= 15 is 0 Å². The quantitative estimate of drug-likeness (QED) is 0.210. The van der Waals surface area contributed by atoms with Gasteiger partial charge < -0.3 is 19.9 Å². The van der Waals surface area contributed by atoms with Gasteiger partial charge in [0.15, 0.2) is 0 Å². The molecule has 0 radical (unpaired) electrons. The summed E-state index contributed by atoms with van der Waals surface area (Å²) in [6.07, 6.45) is 9.50. The zero-order valence-corrected chi connectivity index (χ0v) is 23.0. The molecule has 5 aromatic carbocycles. The van der Waals surface area contributed by atoms with Crippen LogP contribution in [0.3, 0.4) is 0 Å². The molecular weight excluding hydrogens is 512 g/mol. The number of allylic oxidation sites excluding steroid dienone is 4. The van der Waals surface area contributed by atoms with Crippen molar-refractivity contribution < 1.29 is 0 Å². The second-order valence-corrected chi connectivity index (χ2v) is 10.6. The Hall–Kier alpha value is -5.61. The number of fused-ring (bicyclic) bond motifs is 6. The van der Waals surface area contributed by atoms with Gasteiger partial charge in [0.05, 0.1) is 22.1 Å². The van der Waals surface area contributed by atoms with Gasteiger partial charge in [-0.05, 0) is 71.3 Å². The maximum Gasteiger partial charge on any atom is 0.0562 e. The Morgan fingerprint density at radius 1 is 0.619 bits per heavy atom. The summed E-state index contributed by atoms with van der Waals surface area (Å²) in [6.45, 7) is 0.816. The fourth-order valence-corrected chi connectivity index (χ4v) is 6.46. The average Bonchev–Trinajstić information content (AvgIpc) is 3.55. The van der Waals surface area contributed by atoms with Gasteiger partial charge in [-0.1, -0.05) is 78.9 Å². The molecule has 0 atom stereocenters. The highest BCUT2D eigenvalue weighted by atomic mass is 15.0. The number of hydrogen-bond donors (Lipinski definition) is 2. The SMILES string of the molecule is N=C/C=C(\C1=CNCC=C1)c1cccc(-n2c3ccccc3c3cc4c5ccccc5n(-c5ccccc5)c4cc32)c1. The molecular formula is C38H28N4. The van der Waals surface area contributed by atoms with E-state index in [0.29, 0.717) is 0 Å². The standard InChI is InChI=1S/C38H28N4/c39-20-19-30(27-11-9-21-40-25-27)26-10-8-14-29(22-26)42-36-18-7-5-16-32(36)34-23-33-31-15-4-6-17-35(31)41(37(33)24-38(34)42)28-12-2-1-3-13-28/h1-20,22-25,39-40H,21H2/b30-19-,39-20?. The van der Waals surface area contributed by atoms with Crippen molar-refractivity contribution in [2.24, 2.45) is 0 Å². The molecule has 2 N–H and O–H groups in total. The van der Waals surface area contributed by atoms with E-state index in [1.807, 2.05) is 12.3 Å². The molecule has 8 rings (SSSR count). The third kappa shape index (κ3) is 3.73. The van der Waals surface area contributed by atoms with E-state index in [1.54, 1.807) is 0 Å². The van der Waals surface area contributed by atoms with Gasteiger partial charge in [0.25, 0.3) is 0 Å². The van der Waals surface area contributed by atoms with E-state index in [4.69, 9.17) is 5.41 Å². The molecule has 0 saturated heterocycles. The van der Waals surface area contributed by atoms with Crippen molar-refractivity contribution in [2.45, 2.75) is 0 Å². The monoisotopic (exact) mass is 540 g/mol. The van der Waals surface area contributed by atoms with Gasteiger partial charge in [-0.25, -0.2) is 0 Å². The smallest absolute Gasteiger partial charge is 0.0562 e. The molecule has 4 heteroatoms. The number of hydrogen-bond acceptors (Lipinski definition) is 2. The van der Waals surface area contributed by atoms with Crippen molar-refractivity contribution >= 4 is 55.4 Å².